The van der Waals surface area contributed by atoms with Gasteiger partial charge in [0.25, 0.3) is 5.91 Å². The summed E-state index contributed by atoms with van der Waals surface area (Å²) in [7, 11) is 1.31. The number of carbonyl (C=O) groups is 2. The number of carbonyl (C=O) groups excluding carboxylic acids is 2. The van der Waals surface area contributed by atoms with Crippen LogP contribution in [-0.2, 0) is 9.47 Å². The fourth-order valence-electron chi connectivity index (χ4n) is 4.03. The van der Waals surface area contributed by atoms with Gasteiger partial charge in [0, 0.05) is 12.7 Å². The van der Waals surface area contributed by atoms with Crippen molar-refractivity contribution in [1.82, 2.24) is 40.4 Å². The average molecular weight is 609 g/mol. The number of hydrogen-bond donors (Lipinski definition) is 2. The molecule has 1 aliphatic heterocycles. The largest absolute Gasteiger partial charge is 0.416 e. The van der Waals surface area contributed by atoms with Crippen molar-refractivity contribution in [2.75, 3.05) is 26.9 Å². The molecule has 3 aromatic rings. The number of alkyl halides is 6. The van der Waals surface area contributed by atoms with Gasteiger partial charge in [-0.05, 0) is 32.0 Å². The number of imidazole rings is 1. The third kappa shape index (κ3) is 6.40. The van der Waals surface area contributed by atoms with Crippen molar-refractivity contribution in [3.05, 3.63) is 41.1 Å². The molecule has 3 atom stereocenters. The molecule has 0 spiro atoms. The fourth-order valence-corrected chi connectivity index (χ4v) is 4.03. The summed E-state index contributed by atoms with van der Waals surface area (Å²) in [5, 5.41) is 15.6. The Hall–Kier alpha value is -4.00. The number of nitrogens with one attached hydrogen (secondary N) is 2. The predicted molar refractivity (Wildman–Crippen MR) is 128 cm³/mol. The molecule has 0 saturated carbocycles. The van der Waals surface area contributed by atoms with Crippen molar-refractivity contribution in [3.63, 3.8) is 0 Å². The summed E-state index contributed by atoms with van der Waals surface area (Å²) in [5.74, 6) is -0.822. The van der Waals surface area contributed by atoms with Crippen molar-refractivity contribution in [1.29, 1.82) is 0 Å². The molecule has 0 unspecified atom stereocenters. The number of urea groups is 1. The SMILES string of the molecule is COC[C@H](c1cnn2cc([C@H](COC(C)(C)C(F)(F)F)NC(=O)c3nonc3C)nc2c1)N1C[C@@H](C(F)(F)F)NC1=O. The van der Waals surface area contributed by atoms with Crippen LogP contribution in [0.15, 0.2) is 23.1 Å². The number of nitrogens with zero attached hydrogens (tertiary/aromatic N) is 6. The molecule has 230 valence electrons. The Bertz CT molecular complexity index is 1440. The van der Waals surface area contributed by atoms with E-state index in [4.69, 9.17) is 9.47 Å². The van der Waals surface area contributed by atoms with E-state index in [9.17, 15) is 35.9 Å². The number of fused-ring (bicyclic) bond motifs is 1. The molecule has 42 heavy (non-hydrogen) atoms. The summed E-state index contributed by atoms with van der Waals surface area (Å²) >= 11 is 0. The Morgan fingerprint density at radius 2 is 1.93 bits per heavy atom. The van der Waals surface area contributed by atoms with E-state index in [-0.39, 0.29) is 34.9 Å². The van der Waals surface area contributed by atoms with Crippen molar-refractivity contribution in [2.45, 2.75) is 56.9 Å². The monoisotopic (exact) mass is 608 g/mol. The summed E-state index contributed by atoms with van der Waals surface area (Å²) in [6, 6.07) is -3.82. The van der Waals surface area contributed by atoms with Gasteiger partial charge in [0.15, 0.2) is 16.9 Å². The van der Waals surface area contributed by atoms with Crippen LogP contribution < -0.4 is 10.6 Å². The molecular formula is C23H26F6N8O5. The molecule has 3 amide bonds. The smallest absolute Gasteiger partial charge is 0.382 e. The highest BCUT2D eigenvalue weighted by molar-refractivity contribution is 5.93. The van der Waals surface area contributed by atoms with Crippen LogP contribution in [0.5, 0.6) is 0 Å². The topological polar surface area (TPSA) is 149 Å². The number of rotatable bonds is 10. The number of amides is 3. The third-order valence-corrected chi connectivity index (χ3v) is 6.60. The van der Waals surface area contributed by atoms with Gasteiger partial charge in [-0.1, -0.05) is 5.16 Å². The summed E-state index contributed by atoms with van der Waals surface area (Å²) < 4.78 is 96.1. The van der Waals surface area contributed by atoms with Gasteiger partial charge in [0.1, 0.15) is 11.7 Å². The molecule has 1 saturated heterocycles. The van der Waals surface area contributed by atoms with Gasteiger partial charge in [-0.15, -0.1) is 0 Å². The molecule has 1 aliphatic rings. The minimum atomic E-state index is -4.73. The lowest BCUT2D eigenvalue weighted by molar-refractivity contribution is -0.265. The Morgan fingerprint density at radius 3 is 2.50 bits per heavy atom. The first kappa shape index (κ1) is 30.9. The lowest BCUT2D eigenvalue weighted by atomic mass is 10.1. The first-order valence-electron chi connectivity index (χ1n) is 12.3. The Labute approximate surface area is 233 Å². The van der Waals surface area contributed by atoms with Gasteiger partial charge in [0.2, 0.25) is 0 Å². The van der Waals surface area contributed by atoms with Gasteiger partial charge in [-0.3, -0.25) is 4.79 Å². The second-order valence-electron chi connectivity index (χ2n) is 9.97. The molecule has 0 aromatic carbocycles. The van der Waals surface area contributed by atoms with E-state index in [0.717, 1.165) is 18.7 Å². The van der Waals surface area contributed by atoms with Crippen LogP contribution in [0.4, 0.5) is 31.1 Å². The average Bonchev–Trinajstić information content (AvgIpc) is 3.61. The Morgan fingerprint density at radius 1 is 1.21 bits per heavy atom. The fraction of sp³-hybridized carbons (Fsp3) is 0.565. The van der Waals surface area contributed by atoms with E-state index in [1.807, 2.05) is 5.32 Å². The number of ether oxygens (including phenoxy) is 2. The summed E-state index contributed by atoms with van der Waals surface area (Å²) in [5.41, 5.74) is -2.22. The van der Waals surface area contributed by atoms with Crippen LogP contribution in [0, 0.1) is 6.92 Å². The molecule has 13 nitrogen and oxygen atoms in total. The second kappa shape index (κ2) is 11.3. The molecule has 4 heterocycles. The Kier molecular flexibility index (Phi) is 8.36. The van der Waals surface area contributed by atoms with Crippen LogP contribution in [0.3, 0.4) is 0 Å². The highest BCUT2D eigenvalue weighted by Crippen LogP contribution is 2.34. The van der Waals surface area contributed by atoms with Gasteiger partial charge < -0.3 is 25.0 Å². The molecule has 19 heteroatoms. The van der Waals surface area contributed by atoms with Crippen molar-refractivity contribution >= 4 is 17.6 Å². The number of aromatic nitrogens is 5. The lowest BCUT2D eigenvalue weighted by Crippen LogP contribution is -2.44. The molecule has 0 bridgehead atoms. The molecular weight excluding hydrogens is 582 g/mol. The van der Waals surface area contributed by atoms with Gasteiger partial charge in [-0.25, -0.2) is 18.9 Å². The van der Waals surface area contributed by atoms with E-state index in [1.54, 1.807) is 0 Å². The zero-order chi connectivity index (χ0) is 31.0. The number of methoxy groups -OCH3 is 1. The predicted octanol–water partition coefficient (Wildman–Crippen LogP) is 2.89. The van der Waals surface area contributed by atoms with Crippen molar-refractivity contribution < 1.29 is 50.0 Å². The number of halogens is 6. The van der Waals surface area contributed by atoms with Gasteiger partial charge >= 0.3 is 18.4 Å². The number of aryl methyl sites for hydroxylation is 1. The maximum Gasteiger partial charge on any atom is 0.416 e. The minimum Gasteiger partial charge on any atom is -0.382 e. The zero-order valence-electron chi connectivity index (χ0n) is 22.6. The first-order valence-corrected chi connectivity index (χ1v) is 12.3. The van der Waals surface area contributed by atoms with E-state index in [1.165, 1.54) is 37.0 Å². The molecule has 0 aliphatic carbocycles. The second-order valence-corrected chi connectivity index (χ2v) is 9.97. The lowest BCUT2D eigenvalue weighted by Gasteiger charge is -2.29. The maximum atomic E-state index is 13.4. The number of hydrogen-bond acceptors (Lipinski definition) is 9. The van der Waals surface area contributed by atoms with Crippen LogP contribution in [0.25, 0.3) is 5.65 Å². The summed E-state index contributed by atoms with van der Waals surface area (Å²) in [4.78, 5) is 30.5. The van der Waals surface area contributed by atoms with E-state index in [0.29, 0.717) is 0 Å². The highest BCUT2D eigenvalue weighted by Gasteiger charge is 2.50. The summed E-state index contributed by atoms with van der Waals surface area (Å²) in [6.07, 6.45) is -6.77. The van der Waals surface area contributed by atoms with E-state index >= 15 is 0 Å². The normalized spacial score (nSPS) is 17.9. The third-order valence-electron chi connectivity index (χ3n) is 6.60. The molecule has 2 N–H and O–H groups in total. The van der Waals surface area contributed by atoms with Gasteiger partial charge in [-0.2, -0.15) is 31.4 Å². The minimum absolute atomic E-state index is 0.0411. The Balaban J connectivity index is 1.65. The van der Waals surface area contributed by atoms with Gasteiger partial charge in [0.05, 0.1) is 49.9 Å². The van der Waals surface area contributed by atoms with Crippen LogP contribution in [0.1, 0.15) is 53.4 Å². The quantitative estimate of drug-likeness (QED) is 0.332. The van der Waals surface area contributed by atoms with Crippen molar-refractivity contribution in [2.24, 2.45) is 0 Å². The molecule has 3 aromatic heterocycles. The molecule has 0 radical (unpaired) electrons. The standard InChI is InChI=1S/C23H26F6N8O5/c1-11-18(35-42-34-11)19(38)32-14(9-41-21(2,3)23(27,28)29)13-7-37-17(31-13)5-12(6-30-37)15(10-40-4)36-8-16(22(24,25)26)33-20(36)39/h5-7,14-16H,8-10H2,1-4H3,(H,32,38)(H,33,39)/t14-,15+,16-/m0/s1. The van der Waals surface area contributed by atoms with E-state index < -0.39 is 61.2 Å². The molecule has 1 fully saturated rings. The van der Waals surface area contributed by atoms with Crippen LogP contribution in [-0.4, -0.2) is 92.6 Å². The first-order chi connectivity index (χ1) is 19.5. The highest BCUT2D eigenvalue weighted by atomic mass is 19.4. The zero-order valence-corrected chi connectivity index (χ0v) is 22.6. The maximum absolute atomic E-state index is 13.4. The van der Waals surface area contributed by atoms with Crippen molar-refractivity contribution in [3.8, 4) is 0 Å². The van der Waals surface area contributed by atoms with Crippen LogP contribution >= 0.6 is 0 Å². The summed E-state index contributed by atoms with van der Waals surface area (Å²) in [6.45, 7) is 1.57. The molecule has 4 rings (SSSR count). The van der Waals surface area contributed by atoms with Crippen LogP contribution in [0.2, 0.25) is 0 Å². The van der Waals surface area contributed by atoms with E-state index in [2.05, 4.69) is 30.3 Å².